The van der Waals surface area contributed by atoms with Crippen LogP contribution in [0.4, 0.5) is 11.5 Å². The summed E-state index contributed by atoms with van der Waals surface area (Å²) in [6.07, 6.45) is 0. The van der Waals surface area contributed by atoms with Gasteiger partial charge in [0.25, 0.3) is 5.91 Å². The first-order chi connectivity index (χ1) is 9.06. The Morgan fingerprint density at radius 1 is 1.16 bits per heavy atom. The first-order valence-corrected chi connectivity index (χ1v) is 6.08. The number of hydrogen-bond donors (Lipinski definition) is 1. The molecule has 1 N–H and O–H groups in total. The predicted octanol–water partition coefficient (Wildman–Crippen LogP) is 2.71. The highest BCUT2D eigenvalue weighted by Crippen LogP contribution is 2.14. The number of amides is 1. The standard InChI is InChI=1S/C15H17N3O/c1-11-6-4-9-14(16-11)17-15(19)12-7-5-8-13(10-12)18(2)3/h4-10H,1-3H3,(H,16,17,19). The third-order valence-corrected chi connectivity index (χ3v) is 2.75. The van der Waals surface area contributed by atoms with Crippen molar-refractivity contribution >= 4 is 17.4 Å². The van der Waals surface area contributed by atoms with Gasteiger partial charge in [-0.2, -0.15) is 0 Å². The summed E-state index contributed by atoms with van der Waals surface area (Å²) in [7, 11) is 3.89. The monoisotopic (exact) mass is 255 g/mol. The van der Waals surface area contributed by atoms with E-state index in [1.54, 1.807) is 12.1 Å². The van der Waals surface area contributed by atoms with Crippen molar-refractivity contribution in [1.29, 1.82) is 0 Å². The number of pyridine rings is 1. The molecular weight excluding hydrogens is 238 g/mol. The van der Waals surface area contributed by atoms with Gasteiger partial charge >= 0.3 is 0 Å². The van der Waals surface area contributed by atoms with E-state index in [0.717, 1.165) is 11.4 Å². The topological polar surface area (TPSA) is 45.2 Å². The highest BCUT2D eigenvalue weighted by Gasteiger charge is 2.08. The third-order valence-electron chi connectivity index (χ3n) is 2.75. The predicted molar refractivity (Wildman–Crippen MR) is 77.7 cm³/mol. The number of aryl methyl sites for hydroxylation is 1. The zero-order chi connectivity index (χ0) is 13.8. The van der Waals surface area contributed by atoms with Gasteiger partial charge in [-0.05, 0) is 37.3 Å². The van der Waals surface area contributed by atoms with E-state index in [-0.39, 0.29) is 5.91 Å². The lowest BCUT2D eigenvalue weighted by molar-refractivity contribution is 0.102. The largest absolute Gasteiger partial charge is 0.378 e. The molecule has 2 rings (SSSR count). The second-order valence-corrected chi connectivity index (χ2v) is 4.56. The van der Waals surface area contributed by atoms with Crippen molar-refractivity contribution in [3.8, 4) is 0 Å². The number of benzene rings is 1. The highest BCUT2D eigenvalue weighted by atomic mass is 16.1. The molecule has 0 saturated heterocycles. The number of nitrogens with zero attached hydrogens (tertiary/aromatic N) is 2. The van der Waals surface area contributed by atoms with Gasteiger partial charge in [-0.15, -0.1) is 0 Å². The fourth-order valence-electron chi connectivity index (χ4n) is 1.73. The third kappa shape index (κ3) is 3.31. The molecular formula is C15H17N3O. The highest BCUT2D eigenvalue weighted by molar-refractivity contribution is 6.04. The molecule has 2 aromatic rings. The first-order valence-electron chi connectivity index (χ1n) is 6.08. The summed E-state index contributed by atoms with van der Waals surface area (Å²) >= 11 is 0. The Hall–Kier alpha value is -2.36. The minimum absolute atomic E-state index is 0.151. The maximum atomic E-state index is 12.1. The summed E-state index contributed by atoms with van der Waals surface area (Å²) < 4.78 is 0. The van der Waals surface area contributed by atoms with E-state index in [1.165, 1.54) is 0 Å². The molecule has 98 valence electrons. The SMILES string of the molecule is Cc1cccc(NC(=O)c2cccc(N(C)C)c2)n1. The normalized spacial score (nSPS) is 10.1. The Balaban J connectivity index is 2.18. The Labute approximate surface area is 113 Å². The summed E-state index contributed by atoms with van der Waals surface area (Å²) in [5.74, 6) is 0.419. The summed E-state index contributed by atoms with van der Waals surface area (Å²) in [5.41, 5.74) is 2.49. The number of hydrogen-bond acceptors (Lipinski definition) is 3. The van der Waals surface area contributed by atoms with E-state index in [9.17, 15) is 4.79 Å². The number of carbonyl (C=O) groups excluding carboxylic acids is 1. The van der Waals surface area contributed by atoms with Crippen LogP contribution in [0.1, 0.15) is 16.1 Å². The van der Waals surface area contributed by atoms with Crippen LogP contribution in [0.2, 0.25) is 0 Å². The van der Waals surface area contributed by atoms with Crippen LogP contribution in [0.5, 0.6) is 0 Å². The number of rotatable bonds is 3. The lowest BCUT2D eigenvalue weighted by Gasteiger charge is -2.13. The number of aromatic nitrogens is 1. The molecule has 4 nitrogen and oxygen atoms in total. The van der Waals surface area contributed by atoms with Gasteiger partial charge in [0.05, 0.1) is 0 Å². The molecule has 0 aliphatic rings. The molecule has 0 unspecified atom stereocenters. The second-order valence-electron chi connectivity index (χ2n) is 4.56. The van der Waals surface area contributed by atoms with Crippen molar-refractivity contribution < 1.29 is 4.79 Å². The summed E-state index contributed by atoms with van der Waals surface area (Å²) in [4.78, 5) is 18.3. The van der Waals surface area contributed by atoms with E-state index in [2.05, 4.69) is 10.3 Å². The Kier molecular flexibility index (Phi) is 3.80. The molecule has 0 spiro atoms. The average Bonchev–Trinajstić information content (AvgIpc) is 2.39. The van der Waals surface area contributed by atoms with Crippen LogP contribution in [-0.2, 0) is 0 Å². The van der Waals surface area contributed by atoms with Crippen molar-refractivity contribution in [2.75, 3.05) is 24.3 Å². The Bertz CT molecular complexity index is 593. The number of carbonyl (C=O) groups is 1. The van der Waals surface area contributed by atoms with Gasteiger partial charge in [-0.25, -0.2) is 4.98 Å². The van der Waals surface area contributed by atoms with Gasteiger partial charge in [0.15, 0.2) is 0 Å². The molecule has 0 aliphatic heterocycles. The van der Waals surface area contributed by atoms with Gasteiger partial charge in [0.2, 0.25) is 0 Å². The Morgan fingerprint density at radius 2 is 1.89 bits per heavy atom. The van der Waals surface area contributed by atoms with E-state index < -0.39 is 0 Å². The lowest BCUT2D eigenvalue weighted by atomic mass is 10.2. The van der Waals surface area contributed by atoms with E-state index in [1.807, 2.05) is 56.3 Å². The molecule has 1 amide bonds. The molecule has 0 atom stereocenters. The minimum Gasteiger partial charge on any atom is -0.378 e. The van der Waals surface area contributed by atoms with Crippen molar-refractivity contribution in [1.82, 2.24) is 4.98 Å². The zero-order valence-electron chi connectivity index (χ0n) is 11.3. The average molecular weight is 255 g/mol. The van der Waals surface area contributed by atoms with Gasteiger partial charge in [-0.3, -0.25) is 4.79 Å². The van der Waals surface area contributed by atoms with Crippen LogP contribution >= 0.6 is 0 Å². The zero-order valence-corrected chi connectivity index (χ0v) is 11.3. The molecule has 19 heavy (non-hydrogen) atoms. The van der Waals surface area contributed by atoms with Gasteiger partial charge in [-0.1, -0.05) is 12.1 Å². The van der Waals surface area contributed by atoms with Crippen LogP contribution in [0.25, 0.3) is 0 Å². The maximum Gasteiger partial charge on any atom is 0.256 e. The van der Waals surface area contributed by atoms with E-state index >= 15 is 0 Å². The van der Waals surface area contributed by atoms with Crippen LogP contribution in [-0.4, -0.2) is 25.0 Å². The van der Waals surface area contributed by atoms with Gasteiger partial charge in [0.1, 0.15) is 5.82 Å². The van der Waals surface area contributed by atoms with Crippen molar-refractivity contribution in [3.05, 3.63) is 53.7 Å². The molecule has 0 aliphatic carbocycles. The lowest BCUT2D eigenvalue weighted by Crippen LogP contribution is -2.15. The molecule has 0 fully saturated rings. The fraction of sp³-hybridized carbons (Fsp3) is 0.200. The summed E-state index contributed by atoms with van der Waals surface area (Å²) in [6.45, 7) is 1.89. The van der Waals surface area contributed by atoms with Gasteiger partial charge in [0, 0.05) is 31.0 Å². The quantitative estimate of drug-likeness (QED) is 0.917. The molecule has 4 heteroatoms. The van der Waals surface area contributed by atoms with Crippen molar-refractivity contribution in [3.63, 3.8) is 0 Å². The minimum atomic E-state index is -0.151. The Morgan fingerprint density at radius 3 is 2.58 bits per heavy atom. The van der Waals surface area contributed by atoms with E-state index in [4.69, 9.17) is 0 Å². The molecule has 0 radical (unpaired) electrons. The van der Waals surface area contributed by atoms with Crippen LogP contribution in [0, 0.1) is 6.92 Å². The van der Waals surface area contributed by atoms with Gasteiger partial charge < -0.3 is 10.2 Å². The second kappa shape index (κ2) is 5.52. The smallest absolute Gasteiger partial charge is 0.256 e. The van der Waals surface area contributed by atoms with Crippen LogP contribution in [0.15, 0.2) is 42.5 Å². The fourth-order valence-corrected chi connectivity index (χ4v) is 1.73. The van der Waals surface area contributed by atoms with Crippen LogP contribution < -0.4 is 10.2 Å². The molecule has 1 aromatic heterocycles. The molecule has 0 saturated carbocycles. The number of nitrogens with one attached hydrogen (secondary N) is 1. The van der Waals surface area contributed by atoms with Crippen molar-refractivity contribution in [2.45, 2.75) is 6.92 Å². The molecule has 1 heterocycles. The van der Waals surface area contributed by atoms with Crippen LogP contribution in [0.3, 0.4) is 0 Å². The summed E-state index contributed by atoms with van der Waals surface area (Å²) in [6, 6.07) is 13.0. The maximum absolute atomic E-state index is 12.1. The van der Waals surface area contributed by atoms with E-state index in [0.29, 0.717) is 11.4 Å². The molecule has 1 aromatic carbocycles. The summed E-state index contributed by atoms with van der Waals surface area (Å²) in [5, 5.41) is 2.80. The first kappa shape index (κ1) is 13.1. The number of anilines is 2. The molecule has 0 bridgehead atoms. The van der Waals surface area contributed by atoms with Crippen molar-refractivity contribution in [2.24, 2.45) is 0 Å².